The highest BCUT2D eigenvalue weighted by molar-refractivity contribution is 5.93. The topological polar surface area (TPSA) is 80.0 Å². The summed E-state index contributed by atoms with van der Waals surface area (Å²) in [5.41, 5.74) is 0. The predicted octanol–water partition coefficient (Wildman–Crippen LogP) is 1.87. The molecule has 0 radical (unpaired) electrons. The Hall–Kier alpha value is -1.82. The maximum Gasteiger partial charge on any atom is 0.371 e. The molecule has 0 aromatic carbocycles. The van der Waals surface area contributed by atoms with Crippen LogP contribution in [0.5, 0.6) is 0 Å². The number of amides is 1. The summed E-state index contributed by atoms with van der Waals surface area (Å²) in [6, 6.07) is 2.72. The Kier molecular flexibility index (Phi) is 4.79. The van der Waals surface area contributed by atoms with E-state index in [0.29, 0.717) is 32.2 Å². The van der Waals surface area contributed by atoms with Crippen LogP contribution < -0.4 is 0 Å². The Balaban J connectivity index is 1.98. The number of nitrogens with zero attached hydrogens (tertiary/aromatic N) is 1. The number of carbonyl (C=O) groups excluding carboxylic acids is 1. The van der Waals surface area contributed by atoms with E-state index < -0.39 is 5.97 Å². The van der Waals surface area contributed by atoms with Crippen molar-refractivity contribution in [2.45, 2.75) is 19.8 Å². The van der Waals surface area contributed by atoms with Crippen molar-refractivity contribution in [1.29, 1.82) is 0 Å². The first-order chi connectivity index (χ1) is 9.61. The molecule has 110 valence electrons. The molecular weight excluding hydrogens is 262 g/mol. The van der Waals surface area contributed by atoms with Crippen molar-refractivity contribution in [3.63, 3.8) is 0 Å². The van der Waals surface area contributed by atoms with E-state index in [1.54, 1.807) is 4.90 Å². The van der Waals surface area contributed by atoms with Crippen LogP contribution in [0.2, 0.25) is 0 Å². The van der Waals surface area contributed by atoms with Gasteiger partial charge in [-0.3, -0.25) is 4.79 Å². The molecule has 1 N–H and O–H groups in total. The van der Waals surface area contributed by atoms with E-state index >= 15 is 0 Å². The molecule has 2 heterocycles. The lowest BCUT2D eigenvalue weighted by atomic mass is 9.99. The zero-order valence-electron chi connectivity index (χ0n) is 11.5. The van der Waals surface area contributed by atoms with Gasteiger partial charge in [-0.15, -0.1) is 0 Å². The Morgan fingerprint density at radius 1 is 1.45 bits per heavy atom. The molecule has 1 fully saturated rings. The lowest BCUT2D eigenvalue weighted by Crippen LogP contribution is -2.41. The van der Waals surface area contributed by atoms with E-state index in [1.165, 1.54) is 12.1 Å². The SMILES string of the molecule is CCOCC1CCCN(C(=O)c2ccc(C(=O)O)o2)C1. The molecular formula is C14H19NO5. The van der Waals surface area contributed by atoms with E-state index in [-0.39, 0.29) is 17.4 Å². The first kappa shape index (κ1) is 14.6. The van der Waals surface area contributed by atoms with Crippen molar-refractivity contribution in [3.05, 3.63) is 23.7 Å². The summed E-state index contributed by atoms with van der Waals surface area (Å²) in [4.78, 5) is 24.7. The quantitative estimate of drug-likeness (QED) is 0.891. The monoisotopic (exact) mass is 281 g/mol. The fraction of sp³-hybridized carbons (Fsp3) is 0.571. The Bertz CT molecular complexity index is 482. The summed E-state index contributed by atoms with van der Waals surface area (Å²) in [6.07, 6.45) is 1.97. The van der Waals surface area contributed by atoms with Crippen molar-refractivity contribution in [2.75, 3.05) is 26.3 Å². The molecule has 1 aliphatic heterocycles. The molecule has 1 saturated heterocycles. The van der Waals surface area contributed by atoms with Gasteiger partial charge in [0, 0.05) is 19.7 Å². The van der Waals surface area contributed by atoms with Crippen molar-refractivity contribution in [2.24, 2.45) is 5.92 Å². The number of piperidine rings is 1. The van der Waals surface area contributed by atoms with E-state index in [4.69, 9.17) is 14.3 Å². The summed E-state index contributed by atoms with van der Waals surface area (Å²) >= 11 is 0. The summed E-state index contributed by atoms with van der Waals surface area (Å²) in [5.74, 6) is -1.21. The number of rotatable bonds is 5. The number of carboxylic acids is 1. The number of aromatic carboxylic acids is 1. The average Bonchev–Trinajstić information content (AvgIpc) is 2.94. The summed E-state index contributed by atoms with van der Waals surface area (Å²) in [6.45, 7) is 4.57. The third kappa shape index (κ3) is 3.39. The molecule has 20 heavy (non-hydrogen) atoms. The van der Waals surface area contributed by atoms with E-state index in [0.717, 1.165) is 12.8 Å². The highest BCUT2D eigenvalue weighted by Crippen LogP contribution is 2.20. The number of ether oxygens (including phenoxy) is 1. The number of likely N-dealkylation sites (tertiary alicyclic amines) is 1. The van der Waals surface area contributed by atoms with Gasteiger partial charge in [-0.05, 0) is 37.8 Å². The van der Waals surface area contributed by atoms with Crippen molar-refractivity contribution < 1.29 is 23.8 Å². The van der Waals surface area contributed by atoms with Gasteiger partial charge in [0.25, 0.3) is 5.91 Å². The largest absolute Gasteiger partial charge is 0.475 e. The van der Waals surface area contributed by atoms with Gasteiger partial charge in [0.05, 0.1) is 6.61 Å². The van der Waals surface area contributed by atoms with Crippen LogP contribution >= 0.6 is 0 Å². The van der Waals surface area contributed by atoms with Crippen LogP contribution in [0.4, 0.5) is 0 Å². The molecule has 6 nitrogen and oxygen atoms in total. The first-order valence-corrected chi connectivity index (χ1v) is 6.82. The Morgan fingerprint density at radius 3 is 2.85 bits per heavy atom. The molecule has 1 amide bonds. The molecule has 1 unspecified atom stereocenters. The molecule has 2 rings (SSSR count). The maximum atomic E-state index is 12.3. The molecule has 0 spiro atoms. The number of carboxylic acid groups (broad SMARTS) is 1. The van der Waals surface area contributed by atoms with Gasteiger partial charge in [-0.25, -0.2) is 4.79 Å². The minimum absolute atomic E-state index is 0.0828. The predicted molar refractivity (Wildman–Crippen MR) is 70.8 cm³/mol. The lowest BCUT2D eigenvalue weighted by Gasteiger charge is -2.32. The first-order valence-electron chi connectivity index (χ1n) is 6.82. The van der Waals surface area contributed by atoms with E-state index in [2.05, 4.69) is 0 Å². The second-order valence-electron chi connectivity index (χ2n) is 4.89. The van der Waals surface area contributed by atoms with Crippen LogP contribution in [-0.2, 0) is 4.74 Å². The molecule has 0 aliphatic carbocycles. The lowest BCUT2D eigenvalue weighted by molar-refractivity contribution is 0.0474. The third-order valence-corrected chi connectivity index (χ3v) is 3.39. The minimum atomic E-state index is -1.17. The number of furan rings is 1. The summed E-state index contributed by atoms with van der Waals surface area (Å²) < 4.78 is 10.5. The number of hydrogen-bond donors (Lipinski definition) is 1. The van der Waals surface area contributed by atoms with Crippen LogP contribution in [0, 0.1) is 5.92 Å². The van der Waals surface area contributed by atoms with Gasteiger partial charge in [0.1, 0.15) is 0 Å². The van der Waals surface area contributed by atoms with Gasteiger partial charge in [0.15, 0.2) is 5.76 Å². The smallest absolute Gasteiger partial charge is 0.371 e. The molecule has 1 atom stereocenters. The van der Waals surface area contributed by atoms with Gasteiger partial charge >= 0.3 is 5.97 Å². The van der Waals surface area contributed by atoms with E-state index in [1.807, 2.05) is 6.92 Å². The fourth-order valence-electron chi connectivity index (χ4n) is 2.39. The van der Waals surface area contributed by atoms with Crippen LogP contribution in [0.15, 0.2) is 16.5 Å². The van der Waals surface area contributed by atoms with Crippen LogP contribution in [-0.4, -0.2) is 48.2 Å². The highest BCUT2D eigenvalue weighted by Gasteiger charge is 2.26. The molecule has 6 heteroatoms. The van der Waals surface area contributed by atoms with Gasteiger partial charge in [-0.2, -0.15) is 0 Å². The van der Waals surface area contributed by atoms with Gasteiger partial charge < -0.3 is 19.2 Å². The molecule has 1 aliphatic rings. The second-order valence-corrected chi connectivity index (χ2v) is 4.89. The Morgan fingerprint density at radius 2 is 2.20 bits per heavy atom. The molecule has 1 aromatic heterocycles. The molecule has 0 saturated carbocycles. The van der Waals surface area contributed by atoms with Crippen molar-refractivity contribution in [3.8, 4) is 0 Å². The second kappa shape index (κ2) is 6.56. The molecule has 0 bridgehead atoms. The number of hydrogen-bond acceptors (Lipinski definition) is 4. The zero-order chi connectivity index (χ0) is 14.5. The summed E-state index contributed by atoms with van der Waals surface area (Å²) in [5, 5.41) is 8.79. The number of carbonyl (C=O) groups is 2. The highest BCUT2D eigenvalue weighted by atomic mass is 16.5. The van der Waals surface area contributed by atoms with Crippen molar-refractivity contribution >= 4 is 11.9 Å². The molecule has 1 aromatic rings. The summed E-state index contributed by atoms with van der Waals surface area (Å²) in [7, 11) is 0. The third-order valence-electron chi connectivity index (χ3n) is 3.39. The van der Waals surface area contributed by atoms with Crippen molar-refractivity contribution in [1.82, 2.24) is 4.90 Å². The van der Waals surface area contributed by atoms with Crippen LogP contribution in [0.1, 0.15) is 40.9 Å². The van der Waals surface area contributed by atoms with Gasteiger partial charge in [0.2, 0.25) is 5.76 Å². The minimum Gasteiger partial charge on any atom is -0.475 e. The van der Waals surface area contributed by atoms with Crippen LogP contribution in [0.25, 0.3) is 0 Å². The van der Waals surface area contributed by atoms with Gasteiger partial charge in [-0.1, -0.05) is 0 Å². The standard InChI is InChI=1S/C14H19NO5/c1-2-19-9-10-4-3-7-15(8-10)13(16)11-5-6-12(20-11)14(17)18/h5-6,10H,2-4,7-9H2,1H3,(H,17,18). The van der Waals surface area contributed by atoms with Crippen LogP contribution in [0.3, 0.4) is 0 Å². The normalized spacial score (nSPS) is 19.1. The van der Waals surface area contributed by atoms with E-state index in [9.17, 15) is 9.59 Å². The average molecular weight is 281 g/mol. The fourth-order valence-corrected chi connectivity index (χ4v) is 2.39. The zero-order valence-corrected chi connectivity index (χ0v) is 11.5. The maximum absolute atomic E-state index is 12.3. The Labute approximate surface area is 117 Å².